The minimum atomic E-state index is 0.431. The first-order valence-corrected chi connectivity index (χ1v) is 42.6. The third-order valence-electron chi connectivity index (χ3n) is 24.0. The van der Waals surface area contributed by atoms with E-state index in [0.29, 0.717) is 92.5 Å². The van der Waals surface area contributed by atoms with Crippen LogP contribution in [0.3, 0.4) is 0 Å². The van der Waals surface area contributed by atoms with Crippen molar-refractivity contribution in [3.8, 4) is 33.8 Å². The van der Waals surface area contributed by atoms with Gasteiger partial charge in [0.2, 0.25) is 0 Å². The van der Waals surface area contributed by atoms with Gasteiger partial charge in [0.1, 0.15) is 24.7 Å². The fourth-order valence-corrected chi connectivity index (χ4v) is 18.6. The number of hydrogen-bond acceptors (Lipinski definition) is 10. The summed E-state index contributed by atoms with van der Waals surface area (Å²) in [5, 5.41) is 33.2. The highest BCUT2D eigenvalue weighted by atomic mass is 16.6. The molecule has 574 valence electrons. The lowest BCUT2D eigenvalue weighted by Crippen LogP contribution is -2.12. The third kappa shape index (κ3) is 15.9. The van der Waals surface area contributed by atoms with Crippen molar-refractivity contribution < 1.29 is 37.9 Å². The summed E-state index contributed by atoms with van der Waals surface area (Å²) in [5.74, 6) is 1.62. The van der Waals surface area contributed by atoms with Crippen molar-refractivity contribution in [1.82, 2.24) is 9.97 Å². The van der Waals surface area contributed by atoms with Crippen LogP contribution >= 0.6 is 0 Å². The first kappa shape index (κ1) is 75.3. The SMILES string of the molecule is CCCCCCCCCCCCc1cc2c3cccc4c5cc(-c6ccc(OCCOCCOCCOCc7ccccn7)cc6)cc6c7cc(-c8ccc(OCCOCCOCCOCc9ccccn9)cc8)cc8c9cccc%10c%11cc(CCCCCCCCCCCC)cc%12c(c1)c2c1c(c34)c(c56)c(c87)c(c%109)c1c%11%12. The molecule has 17 rings (SSSR count). The van der Waals surface area contributed by atoms with Crippen LogP contribution in [-0.4, -0.2) is 89.3 Å². The predicted molar refractivity (Wildman–Crippen MR) is 468 cm³/mol. The van der Waals surface area contributed by atoms with Crippen LogP contribution in [0.5, 0.6) is 11.5 Å². The summed E-state index contributed by atoms with van der Waals surface area (Å²) >= 11 is 0. The molecular formula is C102H108N2O8. The molecular weight excluding hydrogens is 1380 g/mol. The van der Waals surface area contributed by atoms with Gasteiger partial charge < -0.3 is 37.9 Å². The number of aromatic nitrogens is 2. The molecule has 0 unspecified atom stereocenters. The molecule has 0 saturated heterocycles. The Bertz CT molecular complexity index is 5470. The summed E-state index contributed by atoms with van der Waals surface area (Å²) in [6.07, 6.45) is 32.4. The second-order valence-corrected chi connectivity index (χ2v) is 31.5. The van der Waals surface area contributed by atoms with E-state index in [4.69, 9.17) is 37.9 Å². The molecule has 15 aromatic carbocycles. The van der Waals surface area contributed by atoms with E-state index in [1.54, 1.807) is 12.4 Å². The number of ether oxygens (including phenoxy) is 8. The minimum absolute atomic E-state index is 0.431. The van der Waals surface area contributed by atoms with E-state index < -0.39 is 0 Å². The van der Waals surface area contributed by atoms with Crippen LogP contribution in [0, 0.1) is 0 Å². The minimum Gasteiger partial charge on any atom is -0.491 e. The molecule has 0 bridgehead atoms. The predicted octanol–water partition coefficient (Wildman–Crippen LogP) is 26.5. The van der Waals surface area contributed by atoms with E-state index >= 15 is 0 Å². The van der Waals surface area contributed by atoms with Gasteiger partial charge in [0, 0.05) is 12.4 Å². The van der Waals surface area contributed by atoms with Gasteiger partial charge in [-0.1, -0.05) is 226 Å². The van der Waals surface area contributed by atoms with E-state index in [1.165, 1.54) is 280 Å². The van der Waals surface area contributed by atoms with Crippen LogP contribution < -0.4 is 9.47 Å². The Morgan fingerprint density at radius 3 is 0.821 bits per heavy atom. The molecule has 10 heteroatoms. The topological polar surface area (TPSA) is 99.6 Å². The first-order valence-electron chi connectivity index (χ1n) is 42.6. The summed E-state index contributed by atoms with van der Waals surface area (Å²) in [6, 6.07) is 64.5. The van der Waals surface area contributed by atoms with Gasteiger partial charge >= 0.3 is 0 Å². The van der Waals surface area contributed by atoms with Gasteiger partial charge in [-0.2, -0.15) is 0 Å². The van der Waals surface area contributed by atoms with Gasteiger partial charge in [0.25, 0.3) is 0 Å². The Kier molecular flexibility index (Phi) is 24.3. The standard InChI is InChI=1S/C102H108N2O8/c1-3-5-7-9-11-13-15-17-19-21-29-69-59-83-79-33-27-35-81-87-63-73(71-37-41-77(42-38-71)111-57-55-107-49-47-105-51-53-109-67-75-31-23-25-45-103-75)65-89-90-66-74(72-39-43-78(44-40-72)112-58-56-108-50-48-106-52-54-110-68-76-32-24-26-46-104-76)64-88-82-36-28-34-80-84-60-70(30-22-20-18-16-14-12-10-8-6-4-2)62-86-85(61-69)93(83)99-97(91(79)81)101(95(87)89)102(96(88)90)98(92(80)82)100(99)94(84)86/h23-28,31-46,59-66H,3-22,29-30,47-58,67-68H2,1-2H3. The number of nitrogens with zero attached hydrogens (tertiary/aromatic N) is 2. The summed E-state index contributed by atoms with van der Waals surface area (Å²) < 4.78 is 47.7. The van der Waals surface area contributed by atoms with Gasteiger partial charge in [-0.3, -0.25) is 9.97 Å². The van der Waals surface area contributed by atoms with Crippen molar-refractivity contribution in [3.05, 3.63) is 205 Å². The van der Waals surface area contributed by atoms with Crippen molar-refractivity contribution in [2.75, 3.05) is 79.3 Å². The van der Waals surface area contributed by atoms with E-state index in [-0.39, 0.29) is 0 Å². The average Bonchev–Trinajstić information content (AvgIpc) is 0.643. The van der Waals surface area contributed by atoms with Crippen LogP contribution in [0.1, 0.15) is 165 Å². The first-order chi connectivity index (χ1) is 55.6. The summed E-state index contributed by atoms with van der Waals surface area (Å²) in [4.78, 5) is 8.65. The van der Waals surface area contributed by atoms with Crippen LogP contribution in [0.25, 0.3) is 152 Å². The molecule has 0 amide bonds. The zero-order valence-corrected chi connectivity index (χ0v) is 65.9. The van der Waals surface area contributed by atoms with Crippen molar-refractivity contribution in [2.45, 2.75) is 168 Å². The molecule has 0 fully saturated rings. The van der Waals surface area contributed by atoms with Crippen LogP contribution in [0.15, 0.2) is 182 Å². The Morgan fingerprint density at radius 1 is 0.223 bits per heavy atom. The van der Waals surface area contributed by atoms with Crippen LogP contribution in [-0.2, 0) is 54.5 Å². The molecule has 0 aliphatic heterocycles. The zero-order valence-electron chi connectivity index (χ0n) is 65.9. The fourth-order valence-electron chi connectivity index (χ4n) is 18.6. The molecule has 112 heavy (non-hydrogen) atoms. The van der Waals surface area contributed by atoms with E-state index in [1.807, 2.05) is 36.4 Å². The molecule has 0 aliphatic carbocycles. The molecule has 0 atom stereocenters. The van der Waals surface area contributed by atoms with E-state index in [2.05, 4.69) is 157 Å². The van der Waals surface area contributed by atoms with Gasteiger partial charge in [0.05, 0.1) is 90.7 Å². The van der Waals surface area contributed by atoms with Crippen LogP contribution in [0.2, 0.25) is 0 Å². The summed E-state index contributed by atoms with van der Waals surface area (Å²) in [6.45, 7) is 11.3. The normalized spacial score (nSPS) is 12.4. The summed E-state index contributed by atoms with van der Waals surface area (Å²) in [5.41, 5.74) is 9.40. The average molecular weight is 1490 g/mol. The summed E-state index contributed by atoms with van der Waals surface area (Å²) in [7, 11) is 0. The molecule has 0 spiro atoms. The number of benzene rings is 15. The van der Waals surface area contributed by atoms with Gasteiger partial charge in [-0.05, 0) is 261 Å². The maximum atomic E-state index is 6.36. The van der Waals surface area contributed by atoms with Crippen molar-refractivity contribution in [2.24, 2.45) is 0 Å². The van der Waals surface area contributed by atoms with Crippen LogP contribution in [0.4, 0.5) is 0 Å². The van der Waals surface area contributed by atoms with E-state index in [0.717, 1.165) is 46.9 Å². The number of aryl methyl sites for hydroxylation is 2. The molecule has 0 radical (unpaired) electrons. The number of unbranched alkanes of at least 4 members (excludes halogenated alkanes) is 18. The third-order valence-corrected chi connectivity index (χ3v) is 24.0. The molecule has 0 aliphatic rings. The molecule has 2 aromatic heterocycles. The lowest BCUT2D eigenvalue weighted by atomic mass is 9.72. The van der Waals surface area contributed by atoms with Crippen molar-refractivity contribution >= 4 is 129 Å². The highest BCUT2D eigenvalue weighted by Crippen LogP contribution is 2.61. The molecule has 17 aromatic rings. The van der Waals surface area contributed by atoms with Gasteiger partial charge in [-0.25, -0.2) is 0 Å². The zero-order chi connectivity index (χ0) is 75.4. The Morgan fingerprint density at radius 2 is 0.500 bits per heavy atom. The lowest BCUT2D eigenvalue weighted by molar-refractivity contribution is 0.00549. The lowest BCUT2D eigenvalue weighted by Gasteiger charge is -2.30. The Labute approximate surface area is 659 Å². The smallest absolute Gasteiger partial charge is 0.119 e. The number of pyridine rings is 2. The maximum Gasteiger partial charge on any atom is 0.119 e. The number of rotatable bonds is 48. The largest absolute Gasteiger partial charge is 0.491 e. The van der Waals surface area contributed by atoms with Crippen molar-refractivity contribution in [3.63, 3.8) is 0 Å². The molecule has 10 nitrogen and oxygen atoms in total. The monoisotopic (exact) mass is 1490 g/mol. The van der Waals surface area contributed by atoms with Gasteiger partial charge in [0.15, 0.2) is 0 Å². The Balaban J connectivity index is 0.741. The maximum absolute atomic E-state index is 6.36. The molecule has 0 saturated carbocycles. The second kappa shape index (κ2) is 36.2. The van der Waals surface area contributed by atoms with Crippen molar-refractivity contribution in [1.29, 1.82) is 0 Å². The number of fused-ring (bicyclic) bond motifs is 6. The number of hydrogen-bond donors (Lipinski definition) is 0. The fraction of sp³-hybridized carbons (Fsp3) is 0.373. The molecule has 2 heterocycles. The van der Waals surface area contributed by atoms with Gasteiger partial charge in [-0.15, -0.1) is 0 Å². The Hall–Kier alpha value is -9.36. The highest BCUT2D eigenvalue weighted by molar-refractivity contribution is 6.61. The quantitative estimate of drug-likeness (QED) is 0.0208. The molecule has 0 N–H and O–H groups in total. The highest BCUT2D eigenvalue weighted by Gasteiger charge is 2.33. The van der Waals surface area contributed by atoms with E-state index in [9.17, 15) is 0 Å². The second-order valence-electron chi connectivity index (χ2n) is 31.5.